The average molecular weight is 298 g/mol. The van der Waals surface area contributed by atoms with Crippen molar-refractivity contribution in [2.75, 3.05) is 7.05 Å². The summed E-state index contributed by atoms with van der Waals surface area (Å²) < 4.78 is 0. The summed E-state index contributed by atoms with van der Waals surface area (Å²) in [5.41, 5.74) is 11.9. The summed E-state index contributed by atoms with van der Waals surface area (Å²) in [6.07, 6.45) is 0. The molecule has 3 heteroatoms. The van der Waals surface area contributed by atoms with E-state index in [-0.39, 0.29) is 0 Å². The van der Waals surface area contributed by atoms with Crippen LogP contribution in [0.15, 0.2) is 42.5 Å². The summed E-state index contributed by atoms with van der Waals surface area (Å²) in [6, 6.07) is 14.8. The monoisotopic (exact) mass is 298 g/mol. The Morgan fingerprint density at radius 1 is 1.00 bits per heavy atom. The smallest absolute Gasteiger partial charge is 0.103 e. The Morgan fingerprint density at radius 3 is 2.29 bits per heavy atom. The second-order valence-electron chi connectivity index (χ2n) is 5.66. The quantitative estimate of drug-likeness (QED) is 0.856. The van der Waals surface area contributed by atoms with E-state index < -0.39 is 0 Å². The van der Waals surface area contributed by atoms with Crippen LogP contribution in [0.2, 0.25) is 0 Å². The van der Waals surface area contributed by atoms with Crippen molar-refractivity contribution in [1.82, 2.24) is 4.90 Å². The van der Waals surface area contributed by atoms with Crippen LogP contribution in [-0.4, -0.2) is 16.9 Å². The van der Waals surface area contributed by atoms with Crippen molar-refractivity contribution < 1.29 is 0 Å². The van der Waals surface area contributed by atoms with Gasteiger partial charge in [0.2, 0.25) is 0 Å². The van der Waals surface area contributed by atoms with Gasteiger partial charge in [-0.25, -0.2) is 0 Å². The minimum Gasteiger partial charge on any atom is -0.389 e. The number of aryl methyl sites for hydroxylation is 2. The molecule has 0 saturated heterocycles. The highest BCUT2D eigenvalue weighted by Crippen LogP contribution is 2.13. The van der Waals surface area contributed by atoms with E-state index in [1.165, 1.54) is 22.3 Å². The number of hydrogen-bond donors (Lipinski definition) is 1. The summed E-state index contributed by atoms with van der Waals surface area (Å²) in [4.78, 5) is 2.75. The molecular weight excluding hydrogens is 276 g/mol. The van der Waals surface area contributed by atoms with E-state index in [0.29, 0.717) is 4.99 Å². The van der Waals surface area contributed by atoms with E-state index in [0.717, 1.165) is 18.7 Å². The maximum atomic E-state index is 5.69. The third-order valence-electron chi connectivity index (χ3n) is 3.69. The lowest BCUT2D eigenvalue weighted by Crippen LogP contribution is -2.18. The normalized spacial score (nSPS) is 10.9. The zero-order valence-corrected chi connectivity index (χ0v) is 13.7. The number of hydrogen-bond acceptors (Lipinski definition) is 2. The molecule has 2 aromatic rings. The highest BCUT2D eigenvalue weighted by atomic mass is 32.1. The summed E-state index contributed by atoms with van der Waals surface area (Å²) in [7, 11) is 2.13. The lowest BCUT2D eigenvalue weighted by atomic mass is 10.1. The number of thiocarbonyl (C=S) groups is 1. The first-order chi connectivity index (χ1) is 9.95. The van der Waals surface area contributed by atoms with Gasteiger partial charge in [0.05, 0.1) is 0 Å². The lowest BCUT2D eigenvalue weighted by Gasteiger charge is -2.18. The molecule has 110 valence electrons. The van der Waals surface area contributed by atoms with Crippen molar-refractivity contribution in [2.45, 2.75) is 26.9 Å². The van der Waals surface area contributed by atoms with E-state index in [4.69, 9.17) is 18.0 Å². The number of rotatable bonds is 5. The Labute approximate surface area is 132 Å². The highest BCUT2D eigenvalue weighted by molar-refractivity contribution is 7.80. The number of nitrogens with two attached hydrogens (primary N) is 1. The lowest BCUT2D eigenvalue weighted by molar-refractivity contribution is 0.319. The molecule has 2 nitrogen and oxygen atoms in total. The fraction of sp³-hybridized carbons (Fsp3) is 0.278. The fourth-order valence-corrected chi connectivity index (χ4v) is 2.53. The molecule has 2 aromatic carbocycles. The first kappa shape index (κ1) is 15.7. The Morgan fingerprint density at radius 2 is 1.67 bits per heavy atom. The molecule has 0 aromatic heterocycles. The first-order valence-electron chi connectivity index (χ1n) is 7.09. The second-order valence-corrected chi connectivity index (χ2v) is 6.10. The van der Waals surface area contributed by atoms with Gasteiger partial charge in [0, 0.05) is 18.7 Å². The zero-order chi connectivity index (χ0) is 15.4. The second kappa shape index (κ2) is 6.83. The maximum Gasteiger partial charge on any atom is 0.103 e. The molecule has 0 bridgehead atoms. The van der Waals surface area contributed by atoms with Crippen LogP contribution in [0.5, 0.6) is 0 Å². The van der Waals surface area contributed by atoms with Crippen LogP contribution in [0, 0.1) is 13.8 Å². The van der Waals surface area contributed by atoms with E-state index in [9.17, 15) is 0 Å². The molecule has 0 saturated carbocycles. The molecule has 2 N–H and O–H groups in total. The van der Waals surface area contributed by atoms with Crippen molar-refractivity contribution >= 4 is 17.2 Å². The first-order valence-corrected chi connectivity index (χ1v) is 7.50. The topological polar surface area (TPSA) is 29.3 Å². The van der Waals surface area contributed by atoms with E-state index in [1.54, 1.807) is 0 Å². The van der Waals surface area contributed by atoms with Gasteiger partial charge >= 0.3 is 0 Å². The van der Waals surface area contributed by atoms with Crippen LogP contribution >= 0.6 is 12.2 Å². The predicted molar refractivity (Wildman–Crippen MR) is 93.4 cm³/mol. The van der Waals surface area contributed by atoms with Crippen LogP contribution in [0.3, 0.4) is 0 Å². The van der Waals surface area contributed by atoms with Crippen molar-refractivity contribution in [1.29, 1.82) is 0 Å². The minimum absolute atomic E-state index is 0.452. The van der Waals surface area contributed by atoms with Crippen LogP contribution in [0.1, 0.15) is 27.8 Å². The van der Waals surface area contributed by atoms with Gasteiger partial charge in [0.1, 0.15) is 4.99 Å². The largest absolute Gasteiger partial charge is 0.389 e. The number of nitrogens with zero attached hydrogens (tertiary/aromatic N) is 1. The molecule has 0 amide bonds. The average Bonchev–Trinajstić information content (AvgIpc) is 2.43. The molecule has 0 heterocycles. The molecule has 0 unspecified atom stereocenters. The molecule has 0 atom stereocenters. The fourth-order valence-electron chi connectivity index (χ4n) is 2.40. The molecular formula is C18H22N2S. The Bertz CT molecular complexity index is 649. The molecule has 0 aliphatic heterocycles. The van der Waals surface area contributed by atoms with Crippen molar-refractivity contribution in [3.05, 3.63) is 70.3 Å². The van der Waals surface area contributed by atoms with Gasteiger partial charge in [-0.3, -0.25) is 4.90 Å². The molecule has 0 aliphatic carbocycles. The molecule has 21 heavy (non-hydrogen) atoms. The van der Waals surface area contributed by atoms with Gasteiger partial charge in [-0.2, -0.15) is 0 Å². The molecule has 0 spiro atoms. The van der Waals surface area contributed by atoms with E-state index >= 15 is 0 Å². The van der Waals surface area contributed by atoms with Crippen LogP contribution in [-0.2, 0) is 13.1 Å². The third kappa shape index (κ3) is 4.38. The van der Waals surface area contributed by atoms with Gasteiger partial charge in [0.15, 0.2) is 0 Å². The molecule has 0 aliphatic rings. The standard InChI is InChI=1S/C18H22N2S/c1-13-7-8-16(9-14(13)2)12-20(3)11-15-5-4-6-17(10-15)18(19)21/h4-10H,11-12H2,1-3H3,(H2,19,21). The van der Waals surface area contributed by atoms with Crippen molar-refractivity contribution in [2.24, 2.45) is 5.73 Å². The van der Waals surface area contributed by atoms with Gasteiger partial charge in [-0.1, -0.05) is 48.6 Å². The predicted octanol–water partition coefficient (Wildman–Crippen LogP) is 3.57. The van der Waals surface area contributed by atoms with Gasteiger partial charge in [-0.05, 0) is 49.2 Å². The number of benzene rings is 2. The van der Waals surface area contributed by atoms with Crippen LogP contribution in [0.4, 0.5) is 0 Å². The van der Waals surface area contributed by atoms with Crippen LogP contribution < -0.4 is 5.73 Å². The van der Waals surface area contributed by atoms with Crippen molar-refractivity contribution in [3.63, 3.8) is 0 Å². The summed E-state index contributed by atoms with van der Waals surface area (Å²) in [5.74, 6) is 0. The van der Waals surface area contributed by atoms with Crippen molar-refractivity contribution in [3.8, 4) is 0 Å². The maximum absolute atomic E-state index is 5.69. The summed E-state index contributed by atoms with van der Waals surface area (Å²) in [5, 5.41) is 0. The van der Waals surface area contributed by atoms with E-state index in [2.05, 4.69) is 56.1 Å². The Kier molecular flexibility index (Phi) is 5.10. The van der Waals surface area contributed by atoms with Gasteiger partial charge in [-0.15, -0.1) is 0 Å². The van der Waals surface area contributed by atoms with Crippen LogP contribution in [0.25, 0.3) is 0 Å². The molecule has 2 rings (SSSR count). The molecule has 0 radical (unpaired) electrons. The minimum atomic E-state index is 0.452. The van der Waals surface area contributed by atoms with Gasteiger partial charge in [0.25, 0.3) is 0 Å². The van der Waals surface area contributed by atoms with Gasteiger partial charge < -0.3 is 5.73 Å². The Balaban J connectivity index is 2.04. The van der Waals surface area contributed by atoms with E-state index in [1.807, 2.05) is 12.1 Å². The zero-order valence-electron chi connectivity index (χ0n) is 12.9. The summed E-state index contributed by atoms with van der Waals surface area (Å²) in [6.45, 7) is 6.11. The summed E-state index contributed by atoms with van der Waals surface area (Å²) >= 11 is 5.03. The highest BCUT2D eigenvalue weighted by Gasteiger charge is 2.04. The molecule has 0 fully saturated rings. The third-order valence-corrected chi connectivity index (χ3v) is 3.92. The Hall–Kier alpha value is -1.71. The SMILES string of the molecule is Cc1ccc(CN(C)Cc2cccc(C(N)=S)c2)cc1C.